The highest BCUT2D eigenvalue weighted by Gasteiger charge is 2.50. The van der Waals surface area contributed by atoms with E-state index in [-0.39, 0.29) is 11.7 Å². The minimum atomic E-state index is -0.214. The molecule has 3 fully saturated rings. The number of hydrogen-bond acceptors (Lipinski definition) is 3. The first-order valence-electron chi connectivity index (χ1n) is 7.88. The summed E-state index contributed by atoms with van der Waals surface area (Å²) in [5, 5.41) is 3.53. The smallest absolute Gasteiger partial charge is 0.244 e. The van der Waals surface area contributed by atoms with Crippen LogP contribution in [0.2, 0.25) is 0 Å². The Morgan fingerprint density at radius 3 is 2.79 bits per heavy atom. The highest BCUT2D eigenvalue weighted by atomic mass is 16.5. The molecule has 1 atom stereocenters. The lowest BCUT2D eigenvalue weighted by atomic mass is 9.98. The molecule has 1 unspecified atom stereocenters. The van der Waals surface area contributed by atoms with Gasteiger partial charge >= 0.3 is 0 Å². The van der Waals surface area contributed by atoms with Gasteiger partial charge in [0.25, 0.3) is 0 Å². The van der Waals surface area contributed by atoms with Crippen LogP contribution >= 0.6 is 0 Å². The van der Waals surface area contributed by atoms with Crippen LogP contribution in [0.5, 0.6) is 0 Å². The van der Waals surface area contributed by atoms with Crippen LogP contribution in [0.4, 0.5) is 0 Å². The molecule has 1 saturated heterocycles. The minimum Gasteiger partial charge on any atom is -0.381 e. The van der Waals surface area contributed by atoms with E-state index in [0.29, 0.717) is 5.91 Å². The molecule has 1 N–H and O–H groups in total. The summed E-state index contributed by atoms with van der Waals surface area (Å²) in [6.07, 6.45) is 8.24. The first-order chi connectivity index (χ1) is 9.21. The SMILES string of the molecule is CC1NC2(CCCC2)C(=O)N1CCCOCC1CC1. The first kappa shape index (κ1) is 13.4. The summed E-state index contributed by atoms with van der Waals surface area (Å²) in [4.78, 5) is 14.6. The Labute approximate surface area is 115 Å². The monoisotopic (exact) mass is 266 g/mol. The molecular weight excluding hydrogens is 240 g/mol. The Hall–Kier alpha value is -0.610. The lowest BCUT2D eigenvalue weighted by Crippen LogP contribution is -2.44. The fourth-order valence-corrected chi connectivity index (χ4v) is 3.49. The van der Waals surface area contributed by atoms with Crippen molar-refractivity contribution in [3.63, 3.8) is 0 Å². The molecule has 19 heavy (non-hydrogen) atoms. The summed E-state index contributed by atoms with van der Waals surface area (Å²) in [7, 11) is 0. The van der Waals surface area contributed by atoms with Crippen LogP contribution in [0.25, 0.3) is 0 Å². The highest BCUT2D eigenvalue weighted by Crippen LogP contribution is 2.36. The molecule has 4 nitrogen and oxygen atoms in total. The van der Waals surface area contributed by atoms with Gasteiger partial charge in [-0.2, -0.15) is 0 Å². The van der Waals surface area contributed by atoms with Crippen molar-refractivity contribution in [1.29, 1.82) is 0 Å². The molecule has 1 aliphatic heterocycles. The van der Waals surface area contributed by atoms with E-state index in [4.69, 9.17) is 4.74 Å². The summed E-state index contributed by atoms with van der Waals surface area (Å²) in [5.74, 6) is 1.16. The Morgan fingerprint density at radius 2 is 2.11 bits per heavy atom. The van der Waals surface area contributed by atoms with Crippen LogP contribution < -0.4 is 5.32 Å². The molecule has 3 aliphatic rings. The number of amides is 1. The lowest BCUT2D eigenvalue weighted by molar-refractivity contribution is -0.133. The third-order valence-electron chi connectivity index (χ3n) is 4.82. The van der Waals surface area contributed by atoms with Gasteiger partial charge in [-0.15, -0.1) is 0 Å². The summed E-state index contributed by atoms with van der Waals surface area (Å²) >= 11 is 0. The zero-order valence-electron chi connectivity index (χ0n) is 12.0. The Balaban J connectivity index is 1.43. The minimum absolute atomic E-state index is 0.189. The predicted molar refractivity (Wildman–Crippen MR) is 73.7 cm³/mol. The van der Waals surface area contributed by atoms with Gasteiger partial charge < -0.3 is 9.64 Å². The van der Waals surface area contributed by atoms with E-state index < -0.39 is 0 Å². The second kappa shape index (κ2) is 5.41. The highest BCUT2D eigenvalue weighted by molar-refractivity contribution is 5.89. The van der Waals surface area contributed by atoms with Crippen LogP contribution in [0, 0.1) is 5.92 Å². The van der Waals surface area contributed by atoms with E-state index in [1.165, 1.54) is 25.7 Å². The molecule has 0 aromatic rings. The molecule has 0 aromatic heterocycles. The van der Waals surface area contributed by atoms with Crippen molar-refractivity contribution in [2.75, 3.05) is 19.8 Å². The Morgan fingerprint density at radius 1 is 1.37 bits per heavy atom. The molecule has 1 spiro atoms. The molecule has 1 amide bonds. The quantitative estimate of drug-likeness (QED) is 0.747. The van der Waals surface area contributed by atoms with Crippen molar-refractivity contribution < 1.29 is 9.53 Å². The second-order valence-corrected chi connectivity index (χ2v) is 6.48. The summed E-state index contributed by atoms with van der Waals surface area (Å²) in [6, 6.07) is 0. The van der Waals surface area contributed by atoms with Gasteiger partial charge in [-0.25, -0.2) is 0 Å². The molecule has 3 rings (SSSR count). The van der Waals surface area contributed by atoms with Gasteiger partial charge in [0.2, 0.25) is 5.91 Å². The summed E-state index contributed by atoms with van der Waals surface area (Å²) in [5.41, 5.74) is -0.214. The molecule has 4 heteroatoms. The lowest BCUT2D eigenvalue weighted by Gasteiger charge is -2.22. The van der Waals surface area contributed by atoms with Crippen LogP contribution in [-0.4, -0.2) is 42.3 Å². The van der Waals surface area contributed by atoms with Crippen molar-refractivity contribution in [2.24, 2.45) is 5.92 Å². The summed E-state index contributed by atoms with van der Waals surface area (Å²) < 4.78 is 5.65. The fraction of sp³-hybridized carbons (Fsp3) is 0.933. The second-order valence-electron chi connectivity index (χ2n) is 6.48. The van der Waals surface area contributed by atoms with E-state index >= 15 is 0 Å². The molecule has 1 heterocycles. The maximum absolute atomic E-state index is 12.5. The predicted octanol–water partition coefficient (Wildman–Crippen LogP) is 1.89. The third-order valence-corrected chi connectivity index (χ3v) is 4.82. The van der Waals surface area contributed by atoms with Gasteiger partial charge in [-0.3, -0.25) is 10.1 Å². The maximum atomic E-state index is 12.5. The van der Waals surface area contributed by atoms with E-state index in [1.807, 2.05) is 4.90 Å². The van der Waals surface area contributed by atoms with Crippen molar-refractivity contribution >= 4 is 5.91 Å². The Bertz CT molecular complexity index is 335. The first-order valence-corrected chi connectivity index (χ1v) is 7.88. The van der Waals surface area contributed by atoms with Gasteiger partial charge in [-0.05, 0) is 44.9 Å². The zero-order chi connectivity index (χ0) is 13.3. The molecule has 2 aliphatic carbocycles. The number of carbonyl (C=O) groups excluding carboxylic acids is 1. The van der Waals surface area contributed by atoms with Gasteiger partial charge in [0.1, 0.15) is 0 Å². The number of rotatable bonds is 6. The van der Waals surface area contributed by atoms with Crippen LogP contribution in [0.1, 0.15) is 51.9 Å². The van der Waals surface area contributed by atoms with Gasteiger partial charge in [0.15, 0.2) is 0 Å². The standard InChI is InChI=1S/C15H26N2O2/c1-12-16-15(7-2-3-8-15)14(18)17(12)9-4-10-19-11-13-5-6-13/h12-13,16H,2-11H2,1H3. The number of carbonyl (C=O) groups is 1. The van der Waals surface area contributed by atoms with Gasteiger partial charge in [-0.1, -0.05) is 12.8 Å². The van der Waals surface area contributed by atoms with Crippen molar-refractivity contribution in [1.82, 2.24) is 10.2 Å². The van der Waals surface area contributed by atoms with Crippen molar-refractivity contribution in [3.05, 3.63) is 0 Å². The van der Waals surface area contributed by atoms with E-state index in [9.17, 15) is 4.79 Å². The van der Waals surface area contributed by atoms with Gasteiger partial charge in [0.05, 0.1) is 11.7 Å². The fourth-order valence-electron chi connectivity index (χ4n) is 3.49. The maximum Gasteiger partial charge on any atom is 0.244 e. The van der Waals surface area contributed by atoms with Crippen LogP contribution in [0.3, 0.4) is 0 Å². The number of hydrogen-bond donors (Lipinski definition) is 1. The van der Waals surface area contributed by atoms with E-state index in [1.54, 1.807) is 0 Å². The number of nitrogens with one attached hydrogen (secondary N) is 1. The van der Waals surface area contributed by atoms with Crippen molar-refractivity contribution in [3.8, 4) is 0 Å². The normalized spacial score (nSPS) is 29.6. The topological polar surface area (TPSA) is 41.6 Å². The zero-order valence-corrected chi connectivity index (χ0v) is 12.0. The average Bonchev–Trinajstić information content (AvgIpc) is 3.05. The number of nitrogens with zero attached hydrogens (tertiary/aromatic N) is 1. The Kier molecular flexibility index (Phi) is 3.81. The van der Waals surface area contributed by atoms with Crippen molar-refractivity contribution in [2.45, 2.75) is 63.6 Å². The average molecular weight is 266 g/mol. The molecular formula is C15H26N2O2. The summed E-state index contributed by atoms with van der Waals surface area (Å²) in [6.45, 7) is 4.65. The molecule has 0 radical (unpaired) electrons. The molecule has 2 saturated carbocycles. The largest absolute Gasteiger partial charge is 0.381 e. The molecule has 0 aromatic carbocycles. The van der Waals surface area contributed by atoms with Crippen LogP contribution in [-0.2, 0) is 9.53 Å². The van der Waals surface area contributed by atoms with Gasteiger partial charge in [0, 0.05) is 19.8 Å². The van der Waals surface area contributed by atoms with E-state index in [0.717, 1.165) is 44.9 Å². The van der Waals surface area contributed by atoms with E-state index in [2.05, 4.69) is 12.2 Å². The molecule has 108 valence electrons. The molecule has 0 bridgehead atoms. The number of ether oxygens (including phenoxy) is 1. The van der Waals surface area contributed by atoms with Crippen LogP contribution in [0.15, 0.2) is 0 Å². The third kappa shape index (κ3) is 2.79.